The molecule has 0 amide bonds. The van der Waals surface area contributed by atoms with Gasteiger partial charge in [-0.25, -0.2) is 4.98 Å². The lowest BCUT2D eigenvalue weighted by Gasteiger charge is -2.30. The summed E-state index contributed by atoms with van der Waals surface area (Å²) in [6, 6.07) is 5.01. The highest BCUT2D eigenvalue weighted by Crippen LogP contribution is 2.17. The zero-order valence-corrected chi connectivity index (χ0v) is 9.12. The Morgan fingerprint density at radius 2 is 2.40 bits per heavy atom. The third kappa shape index (κ3) is 2.99. The second-order valence-corrected chi connectivity index (χ2v) is 4.43. The van der Waals surface area contributed by atoms with E-state index in [1.807, 2.05) is 6.07 Å². The molecule has 1 atom stereocenters. The van der Waals surface area contributed by atoms with Crippen LogP contribution in [0.1, 0.15) is 25.5 Å². The lowest BCUT2D eigenvalue weighted by atomic mass is 10.0. The molecular formula is C12H17FN2. The van der Waals surface area contributed by atoms with Crippen molar-refractivity contribution in [3.63, 3.8) is 0 Å². The molecule has 0 bridgehead atoms. The van der Waals surface area contributed by atoms with Crippen LogP contribution in [-0.4, -0.2) is 23.0 Å². The van der Waals surface area contributed by atoms with Gasteiger partial charge in [-0.15, -0.1) is 0 Å². The summed E-state index contributed by atoms with van der Waals surface area (Å²) in [5, 5.41) is 0. The topological polar surface area (TPSA) is 16.1 Å². The van der Waals surface area contributed by atoms with Gasteiger partial charge < -0.3 is 0 Å². The van der Waals surface area contributed by atoms with E-state index in [2.05, 4.69) is 16.8 Å². The van der Waals surface area contributed by atoms with Crippen molar-refractivity contribution in [1.82, 2.24) is 9.88 Å². The van der Waals surface area contributed by atoms with Crippen LogP contribution in [0.4, 0.5) is 4.39 Å². The fourth-order valence-electron chi connectivity index (χ4n) is 2.20. The molecular weight excluding hydrogens is 191 g/mol. The fraction of sp³-hybridized carbons (Fsp3) is 0.583. The molecule has 0 N–H and O–H groups in total. The average Bonchev–Trinajstić information content (AvgIpc) is 2.17. The van der Waals surface area contributed by atoms with Gasteiger partial charge in [0.25, 0.3) is 0 Å². The lowest BCUT2D eigenvalue weighted by molar-refractivity contribution is 0.174. The van der Waals surface area contributed by atoms with E-state index >= 15 is 0 Å². The van der Waals surface area contributed by atoms with Crippen LogP contribution in [0.5, 0.6) is 0 Å². The van der Waals surface area contributed by atoms with E-state index < -0.39 is 0 Å². The lowest BCUT2D eigenvalue weighted by Crippen LogP contribution is -2.34. The molecule has 2 nitrogen and oxygen atoms in total. The first kappa shape index (κ1) is 10.6. The van der Waals surface area contributed by atoms with Gasteiger partial charge in [0, 0.05) is 13.1 Å². The molecule has 0 saturated carbocycles. The predicted octanol–water partition coefficient (Wildman–Crippen LogP) is 2.45. The summed E-state index contributed by atoms with van der Waals surface area (Å²) in [4.78, 5) is 6.24. The van der Waals surface area contributed by atoms with Crippen molar-refractivity contribution < 1.29 is 4.39 Å². The summed E-state index contributed by atoms with van der Waals surface area (Å²) in [6.07, 6.45) is 2.56. The highest BCUT2D eigenvalue weighted by atomic mass is 19.1. The van der Waals surface area contributed by atoms with E-state index in [4.69, 9.17) is 0 Å². The first-order valence-corrected chi connectivity index (χ1v) is 5.58. The number of hydrogen-bond acceptors (Lipinski definition) is 2. The fourth-order valence-corrected chi connectivity index (χ4v) is 2.20. The quantitative estimate of drug-likeness (QED) is 0.694. The van der Waals surface area contributed by atoms with Gasteiger partial charge in [0.05, 0.1) is 5.69 Å². The van der Waals surface area contributed by atoms with Crippen molar-refractivity contribution in [3.05, 3.63) is 29.8 Å². The highest BCUT2D eigenvalue weighted by molar-refractivity contribution is 5.04. The number of likely N-dealkylation sites (tertiary alicyclic amines) is 1. The average molecular weight is 208 g/mol. The van der Waals surface area contributed by atoms with E-state index in [0.717, 1.165) is 31.2 Å². The van der Waals surface area contributed by atoms with Gasteiger partial charge in [0.2, 0.25) is 5.95 Å². The molecule has 1 fully saturated rings. The molecule has 1 aliphatic rings. The molecule has 3 heteroatoms. The number of pyridine rings is 1. The summed E-state index contributed by atoms with van der Waals surface area (Å²) in [6.45, 7) is 5.27. The van der Waals surface area contributed by atoms with Crippen LogP contribution in [0.25, 0.3) is 0 Å². The Bertz CT molecular complexity index is 327. The second kappa shape index (κ2) is 4.71. The minimum absolute atomic E-state index is 0.377. The van der Waals surface area contributed by atoms with Crippen LogP contribution < -0.4 is 0 Å². The van der Waals surface area contributed by atoms with E-state index in [1.54, 1.807) is 6.07 Å². The first-order chi connectivity index (χ1) is 7.24. The summed E-state index contributed by atoms with van der Waals surface area (Å²) >= 11 is 0. The van der Waals surface area contributed by atoms with Gasteiger partial charge in [0.1, 0.15) is 0 Å². The van der Waals surface area contributed by atoms with E-state index in [9.17, 15) is 4.39 Å². The Morgan fingerprint density at radius 3 is 3.13 bits per heavy atom. The van der Waals surface area contributed by atoms with E-state index in [0.29, 0.717) is 0 Å². The van der Waals surface area contributed by atoms with Crippen molar-refractivity contribution in [2.24, 2.45) is 5.92 Å². The van der Waals surface area contributed by atoms with Gasteiger partial charge in [-0.05, 0) is 37.4 Å². The third-order valence-corrected chi connectivity index (χ3v) is 2.90. The molecule has 0 radical (unpaired) electrons. The van der Waals surface area contributed by atoms with Gasteiger partial charge in [-0.3, -0.25) is 4.90 Å². The van der Waals surface area contributed by atoms with Crippen molar-refractivity contribution in [1.29, 1.82) is 0 Å². The Balaban J connectivity index is 1.96. The Morgan fingerprint density at radius 1 is 1.53 bits per heavy atom. The van der Waals surface area contributed by atoms with Crippen molar-refractivity contribution in [2.75, 3.05) is 13.1 Å². The second-order valence-electron chi connectivity index (χ2n) is 4.43. The Kier molecular flexibility index (Phi) is 3.31. The zero-order chi connectivity index (χ0) is 10.7. The molecule has 1 aromatic heterocycles. The maximum Gasteiger partial charge on any atom is 0.213 e. The van der Waals surface area contributed by atoms with E-state index in [-0.39, 0.29) is 5.95 Å². The summed E-state index contributed by atoms with van der Waals surface area (Å²) in [5.74, 6) is 0.380. The van der Waals surface area contributed by atoms with Crippen LogP contribution in [0.15, 0.2) is 18.2 Å². The molecule has 2 rings (SSSR count). The molecule has 0 aliphatic carbocycles. The highest BCUT2D eigenvalue weighted by Gasteiger charge is 2.16. The summed E-state index contributed by atoms with van der Waals surface area (Å²) in [7, 11) is 0. The predicted molar refractivity (Wildman–Crippen MR) is 57.9 cm³/mol. The van der Waals surface area contributed by atoms with Gasteiger partial charge in [0.15, 0.2) is 0 Å². The smallest absolute Gasteiger partial charge is 0.213 e. The van der Waals surface area contributed by atoms with Crippen LogP contribution in [-0.2, 0) is 6.54 Å². The summed E-state index contributed by atoms with van der Waals surface area (Å²) < 4.78 is 12.9. The van der Waals surface area contributed by atoms with Gasteiger partial charge in [-0.2, -0.15) is 4.39 Å². The maximum absolute atomic E-state index is 12.9. The largest absolute Gasteiger partial charge is 0.297 e. The molecule has 0 spiro atoms. The van der Waals surface area contributed by atoms with Crippen LogP contribution >= 0.6 is 0 Å². The van der Waals surface area contributed by atoms with Crippen molar-refractivity contribution in [3.8, 4) is 0 Å². The van der Waals surface area contributed by atoms with Gasteiger partial charge >= 0.3 is 0 Å². The molecule has 1 aromatic rings. The monoisotopic (exact) mass is 208 g/mol. The SMILES string of the molecule is C[C@H]1CCCN(Cc2cccc(F)n2)C1. The summed E-state index contributed by atoms with van der Waals surface area (Å²) in [5.41, 5.74) is 0.837. The third-order valence-electron chi connectivity index (χ3n) is 2.90. The Labute approximate surface area is 90.1 Å². The number of halogens is 1. The molecule has 15 heavy (non-hydrogen) atoms. The number of nitrogens with zero attached hydrogens (tertiary/aromatic N) is 2. The molecule has 1 aliphatic heterocycles. The molecule has 2 heterocycles. The molecule has 0 aromatic carbocycles. The van der Waals surface area contributed by atoms with Crippen LogP contribution in [0.2, 0.25) is 0 Å². The molecule has 0 unspecified atom stereocenters. The number of hydrogen-bond donors (Lipinski definition) is 0. The normalized spacial score (nSPS) is 22.9. The van der Waals surface area contributed by atoms with Gasteiger partial charge in [-0.1, -0.05) is 13.0 Å². The number of piperidine rings is 1. The Hall–Kier alpha value is -0.960. The number of rotatable bonds is 2. The van der Waals surface area contributed by atoms with Crippen molar-refractivity contribution >= 4 is 0 Å². The minimum atomic E-state index is -0.377. The number of aromatic nitrogens is 1. The maximum atomic E-state index is 12.9. The molecule has 82 valence electrons. The van der Waals surface area contributed by atoms with Crippen LogP contribution in [0, 0.1) is 11.9 Å². The first-order valence-electron chi connectivity index (χ1n) is 5.58. The van der Waals surface area contributed by atoms with Crippen LogP contribution in [0.3, 0.4) is 0 Å². The minimum Gasteiger partial charge on any atom is -0.297 e. The zero-order valence-electron chi connectivity index (χ0n) is 9.12. The van der Waals surface area contributed by atoms with E-state index in [1.165, 1.54) is 18.9 Å². The molecule has 1 saturated heterocycles. The van der Waals surface area contributed by atoms with Crippen molar-refractivity contribution in [2.45, 2.75) is 26.3 Å². The standard InChI is InChI=1S/C12H17FN2/c1-10-4-3-7-15(8-10)9-11-5-2-6-12(13)14-11/h2,5-6,10H,3-4,7-9H2,1H3/t10-/m0/s1.